The minimum Gasteiger partial charge on any atom is -0.497 e. The minimum atomic E-state index is -0.166. The molecule has 9 aromatic carbocycles. The van der Waals surface area contributed by atoms with Gasteiger partial charge in [-0.3, -0.25) is 0 Å². The van der Waals surface area contributed by atoms with E-state index in [0.29, 0.717) is 0 Å². The molecule has 0 aromatic heterocycles. The number of methoxy groups -OCH3 is 5. The topological polar surface area (TPSA) is 46.2 Å². The zero-order valence-electron chi connectivity index (χ0n) is 35.4. The lowest BCUT2D eigenvalue weighted by molar-refractivity contribution is 0.414. The van der Waals surface area contributed by atoms with Crippen molar-refractivity contribution in [3.05, 3.63) is 151 Å². The molecule has 9 aromatic rings. The van der Waals surface area contributed by atoms with Crippen molar-refractivity contribution in [3.63, 3.8) is 0 Å². The molecular weight excluding hydrogens is 741 g/mol. The van der Waals surface area contributed by atoms with Gasteiger partial charge in [0.05, 0.1) is 35.5 Å². The molecule has 0 bridgehead atoms. The molecule has 0 atom stereocenters. The first-order valence-corrected chi connectivity index (χ1v) is 20.2. The van der Waals surface area contributed by atoms with Gasteiger partial charge in [0.25, 0.3) is 0 Å². The van der Waals surface area contributed by atoms with Crippen molar-refractivity contribution >= 4 is 32.3 Å². The van der Waals surface area contributed by atoms with Crippen LogP contribution in [0, 0.1) is 0 Å². The molecule has 0 spiro atoms. The SMILES string of the molecule is COc1ccc(-c2cc3c(-c4ccc(OC)cc4)c(-c4ccc(OC)cc4)c4cc(C(C)(C)C)cc5c(-c6ccc(OC)cc6)c(-c6ccc(OC)cc6)c(c2)c3c45)cc1. The average molecular weight is 789 g/mol. The van der Waals surface area contributed by atoms with Gasteiger partial charge in [0.2, 0.25) is 0 Å². The summed E-state index contributed by atoms with van der Waals surface area (Å²) >= 11 is 0. The Morgan fingerprint density at radius 3 is 0.750 bits per heavy atom. The third-order valence-electron chi connectivity index (χ3n) is 11.9. The molecule has 60 heavy (non-hydrogen) atoms. The highest BCUT2D eigenvalue weighted by atomic mass is 16.5. The van der Waals surface area contributed by atoms with Gasteiger partial charge in [-0.1, -0.05) is 81.4 Å². The minimum absolute atomic E-state index is 0.166. The Kier molecular flexibility index (Phi) is 9.84. The first-order chi connectivity index (χ1) is 29.1. The van der Waals surface area contributed by atoms with Crippen LogP contribution in [0.5, 0.6) is 28.7 Å². The first kappa shape index (κ1) is 38.5. The number of benzene rings is 9. The van der Waals surface area contributed by atoms with Gasteiger partial charge in [0.1, 0.15) is 28.7 Å². The zero-order valence-corrected chi connectivity index (χ0v) is 35.4. The van der Waals surface area contributed by atoms with E-state index in [4.69, 9.17) is 23.7 Å². The molecule has 0 N–H and O–H groups in total. The van der Waals surface area contributed by atoms with E-state index >= 15 is 0 Å². The van der Waals surface area contributed by atoms with E-state index < -0.39 is 0 Å². The van der Waals surface area contributed by atoms with Crippen molar-refractivity contribution in [1.82, 2.24) is 0 Å². The van der Waals surface area contributed by atoms with E-state index in [0.717, 1.165) is 95.2 Å². The van der Waals surface area contributed by atoms with Crippen LogP contribution in [0.4, 0.5) is 0 Å². The fourth-order valence-electron chi connectivity index (χ4n) is 8.76. The van der Waals surface area contributed by atoms with Crippen molar-refractivity contribution in [2.24, 2.45) is 0 Å². The second-order valence-electron chi connectivity index (χ2n) is 16.3. The highest BCUT2D eigenvalue weighted by Crippen LogP contribution is 2.55. The summed E-state index contributed by atoms with van der Waals surface area (Å²) in [4.78, 5) is 0. The highest BCUT2D eigenvalue weighted by molar-refractivity contribution is 6.36. The molecule has 298 valence electrons. The summed E-state index contributed by atoms with van der Waals surface area (Å²) in [5.41, 5.74) is 12.3. The standard InChI is InChI=1S/C55H48O5/c1-55(2,3)39-31-47-51(36-15-25-43(59-7)26-16-36)49(34-11-21-41(57-5)22-12-34)45-29-38(33-9-19-40(56-4)20-10-33)30-46-50(35-13-23-42(58-6)24-14-35)52(48(32-39)54(47)53(45)46)37-17-27-44(60-8)28-18-37/h9-32H,1-8H3. The molecule has 5 heteroatoms. The maximum atomic E-state index is 5.70. The van der Waals surface area contributed by atoms with Gasteiger partial charge in [-0.2, -0.15) is 0 Å². The van der Waals surface area contributed by atoms with Crippen molar-refractivity contribution in [2.75, 3.05) is 35.5 Å². The van der Waals surface area contributed by atoms with E-state index in [2.05, 4.69) is 154 Å². The maximum Gasteiger partial charge on any atom is 0.118 e. The fourth-order valence-corrected chi connectivity index (χ4v) is 8.76. The molecule has 9 rings (SSSR count). The Hall–Kier alpha value is -6.98. The zero-order chi connectivity index (χ0) is 41.7. The predicted molar refractivity (Wildman–Crippen MR) is 249 cm³/mol. The first-order valence-electron chi connectivity index (χ1n) is 20.2. The molecule has 0 aliphatic rings. The van der Waals surface area contributed by atoms with E-state index in [9.17, 15) is 0 Å². The Labute approximate surface area is 352 Å². The van der Waals surface area contributed by atoms with E-state index in [1.54, 1.807) is 35.5 Å². The number of hydrogen-bond donors (Lipinski definition) is 0. The smallest absolute Gasteiger partial charge is 0.118 e. The third-order valence-corrected chi connectivity index (χ3v) is 11.9. The van der Waals surface area contributed by atoms with Crippen molar-refractivity contribution in [1.29, 1.82) is 0 Å². The third kappa shape index (κ3) is 6.61. The van der Waals surface area contributed by atoms with Gasteiger partial charge in [0, 0.05) is 0 Å². The number of rotatable bonds is 10. The van der Waals surface area contributed by atoms with Crippen LogP contribution in [0.25, 0.3) is 88.0 Å². The normalized spacial score (nSPS) is 11.7. The van der Waals surface area contributed by atoms with Gasteiger partial charge < -0.3 is 23.7 Å². The van der Waals surface area contributed by atoms with E-state index in [-0.39, 0.29) is 5.41 Å². The molecule has 0 unspecified atom stereocenters. The van der Waals surface area contributed by atoms with Crippen molar-refractivity contribution < 1.29 is 23.7 Å². The monoisotopic (exact) mass is 788 g/mol. The molecule has 0 fully saturated rings. The predicted octanol–water partition coefficient (Wildman–Crippen LogP) is 14.3. The van der Waals surface area contributed by atoms with Crippen molar-refractivity contribution in [3.8, 4) is 84.4 Å². The van der Waals surface area contributed by atoms with Gasteiger partial charge in [-0.15, -0.1) is 0 Å². The molecule has 5 nitrogen and oxygen atoms in total. The second kappa shape index (κ2) is 15.3. The van der Waals surface area contributed by atoms with Gasteiger partial charge in [-0.05, 0) is 184 Å². The van der Waals surface area contributed by atoms with Crippen LogP contribution in [0.15, 0.2) is 146 Å². The summed E-state index contributed by atoms with van der Waals surface area (Å²) in [5.74, 6) is 4.05. The van der Waals surface area contributed by atoms with Crippen LogP contribution >= 0.6 is 0 Å². The Morgan fingerprint density at radius 1 is 0.283 bits per heavy atom. The Morgan fingerprint density at radius 2 is 0.517 bits per heavy atom. The van der Waals surface area contributed by atoms with Gasteiger partial charge in [-0.25, -0.2) is 0 Å². The summed E-state index contributed by atoms with van der Waals surface area (Å²) < 4.78 is 28.4. The maximum absolute atomic E-state index is 5.70. The highest BCUT2D eigenvalue weighted by Gasteiger charge is 2.29. The lowest BCUT2D eigenvalue weighted by Gasteiger charge is -2.28. The van der Waals surface area contributed by atoms with Gasteiger partial charge >= 0.3 is 0 Å². The summed E-state index contributed by atoms with van der Waals surface area (Å²) in [7, 11) is 8.56. The summed E-state index contributed by atoms with van der Waals surface area (Å²) in [6.45, 7) is 6.90. The molecule has 0 aliphatic heterocycles. The molecule has 0 saturated carbocycles. The molecule has 0 amide bonds. The lowest BCUT2D eigenvalue weighted by Crippen LogP contribution is -2.11. The largest absolute Gasteiger partial charge is 0.497 e. The van der Waals surface area contributed by atoms with E-state index in [1.165, 1.54) is 27.1 Å². The number of ether oxygens (including phenoxy) is 5. The quantitative estimate of drug-likeness (QED) is 0.129. The van der Waals surface area contributed by atoms with E-state index in [1.807, 2.05) is 12.1 Å². The van der Waals surface area contributed by atoms with Crippen LogP contribution < -0.4 is 23.7 Å². The van der Waals surface area contributed by atoms with Crippen molar-refractivity contribution in [2.45, 2.75) is 26.2 Å². The lowest BCUT2D eigenvalue weighted by atomic mass is 9.75. The summed E-state index contributed by atoms with van der Waals surface area (Å²) in [6.07, 6.45) is 0. The van der Waals surface area contributed by atoms with Gasteiger partial charge in [0.15, 0.2) is 0 Å². The Balaban J connectivity index is 1.59. The van der Waals surface area contributed by atoms with Crippen LogP contribution in [-0.4, -0.2) is 35.5 Å². The fraction of sp³-hybridized carbons (Fsp3) is 0.164. The van der Waals surface area contributed by atoms with Crippen LogP contribution in [-0.2, 0) is 5.41 Å². The molecule has 0 heterocycles. The van der Waals surface area contributed by atoms with Crippen LogP contribution in [0.2, 0.25) is 0 Å². The summed E-state index contributed by atoms with van der Waals surface area (Å²) in [5, 5.41) is 7.14. The average Bonchev–Trinajstić information content (AvgIpc) is 3.29. The van der Waals surface area contributed by atoms with Crippen LogP contribution in [0.1, 0.15) is 26.3 Å². The molecule has 0 aliphatic carbocycles. The molecular formula is C55H48O5. The second-order valence-corrected chi connectivity index (χ2v) is 16.3. The summed E-state index contributed by atoms with van der Waals surface area (Å²) in [6, 6.07) is 52.0. The van der Waals surface area contributed by atoms with Crippen LogP contribution in [0.3, 0.4) is 0 Å². The Bertz CT molecular complexity index is 2810. The molecule has 0 saturated heterocycles. The number of hydrogen-bond acceptors (Lipinski definition) is 5. The molecule has 0 radical (unpaired) electrons.